The molecule has 0 saturated heterocycles. The lowest BCUT2D eigenvalue weighted by atomic mass is 9.87. The average Bonchev–Trinajstić information content (AvgIpc) is 3.39. The van der Waals surface area contributed by atoms with Crippen molar-refractivity contribution in [2.24, 2.45) is 0 Å². The fourth-order valence-electron chi connectivity index (χ4n) is 4.75. The zero-order chi connectivity index (χ0) is 25.6. The summed E-state index contributed by atoms with van der Waals surface area (Å²) >= 11 is 3.42. The third-order valence-corrected chi connectivity index (χ3v) is 7.56. The Bertz CT molecular complexity index is 1050. The normalized spacial score (nSPS) is 12.1. The molecule has 1 heterocycles. The third-order valence-electron chi connectivity index (χ3n) is 6.92. The fourth-order valence-corrected chi connectivity index (χ4v) is 5.15. The smallest absolute Gasteiger partial charge is 0.173 e. The highest BCUT2D eigenvalue weighted by atomic mass is 79.9. The Kier molecular flexibility index (Phi) is 12.3. The van der Waals surface area contributed by atoms with Crippen LogP contribution in [0.4, 0.5) is 0 Å². The van der Waals surface area contributed by atoms with E-state index in [-0.39, 0.29) is 17.5 Å². The predicted molar refractivity (Wildman–Crippen MR) is 152 cm³/mol. The Labute approximate surface area is 225 Å². The molecule has 1 atom stereocenters. The first kappa shape index (κ1) is 28.2. The number of benzene rings is 2. The Morgan fingerprint density at radius 2 is 1.50 bits per heavy atom. The highest BCUT2D eigenvalue weighted by Crippen LogP contribution is 2.32. The summed E-state index contributed by atoms with van der Waals surface area (Å²) in [6.45, 7) is 2.27. The zero-order valence-corrected chi connectivity index (χ0v) is 23.3. The van der Waals surface area contributed by atoms with E-state index in [0.717, 1.165) is 30.5 Å². The van der Waals surface area contributed by atoms with Crippen LogP contribution in [-0.4, -0.2) is 20.7 Å². The van der Waals surface area contributed by atoms with Crippen molar-refractivity contribution in [1.29, 1.82) is 0 Å². The van der Waals surface area contributed by atoms with E-state index in [4.69, 9.17) is 0 Å². The maximum Gasteiger partial charge on any atom is 0.173 e. The second kappa shape index (κ2) is 15.7. The van der Waals surface area contributed by atoms with Gasteiger partial charge in [-0.1, -0.05) is 108 Å². The number of ketones is 1. The molecular formula is C31H41BrN2O2. The van der Waals surface area contributed by atoms with Crippen molar-refractivity contribution in [3.63, 3.8) is 0 Å². The van der Waals surface area contributed by atoms with E-state index in [1.165, 1.54) is 64.2 Å². The molecule has 4 nitrogen and oxygen atoms in total. The van der Waals surface area contributed by atoms with Crippen LogP contribution in [0.1, 0.15) is 112 Å². The first-order valence-electron chi connectivity index (χ1n) is 13.7. The summed E-state index contributed by atoms with van der Waals surface area (Å²) in [6, 6.07) is 15.2. The maximum absolute atomic E-state index is 13.6. The summed E-state index contributed by atoms with van der Waals surface area (Å²) in [5.41, 5.74) is 2.48. The number of carbonyl (C=O) groups is 1. The minimum Gasteiger partial charge on any atom is -0.507 e. The lowest BCUT2D eigenvalue weighted by molar-refractivity contribution is 0.0953. The molecule has 1 unspecified atom stereocenters. The van der Waals surface area contributed by atoms with Crippen LogP contribution in [0.25, 0.3) is 5.69 Å². The van der Waals surface area contributed by atoms with Crippen LogP contribution in [0.2, 0.25) is 0 Å². The Hall–Kier alpha value is -2.40. The van der Waals surface area contributed by atoms with Gasteiger partial charge in [0, 0.05) is 12.1 Å². The van der Waals surface area contributed by atoms with Gasteiger partial charge in [-0.15, -0.1) is 0 Å². The number of phenolic OH excluding ortho intramolecular Hbond substituents is 1. The van der Waals surface area contributed by atoms with Crippen LogP contribution in [-0.2, 0) is 0 Å². The van der Waals surface area contributed by atoms with Crippen LogP contribution >= 0.6 is 15.9 Å². The number of para-hydroxylation sites is 1. The minimum absolute atomic E-state index is 0.0813. The maximum atomic E-state index is 13.6. The molecule has 0 amide bonds. The highest BCUT2D eigenvalue weighted by Gasteiger charge is 2.24. The van der Waals surface area contributed by atoms with Gasteiger partial charge in [0.05, 0.1) is 21.9 Å². The van der Waals surface area contributed by atoms with Gasteiger partial charge in [0.15, 0.2) is 5.78 Å². The molecule has 0 fully saturated rings. The van der Waals surface area contributed by atoms with E-state index in [1.54, 1.807) is 16.9 Å². The summed E-state index contributed by atoms with van der Waals surface area (Å²) in [7, 11) is 0. The summed E-state index contributed by atoms with van der Waals surface area (Å²) in [4.78, 5) is 13.6. The van der Waals surface area contributed by atoms with Crippen molar-refractivity contribution >= 4 is 21.7 Å². The Balaban J connectivity index is 1.52. The number of hydrogen-bond acceptors (Lipinski definition) is 3. The van der Waals surface area contributed by atoms with Crippen molar-refractivity contribution in [3.8, 4) is 11.4 Å². The van der Waals surface area contributed by atoms with Crippen molar-refractivity contribution in [2.45, 2.75) is 96.3 Å². The van der Waals surface area contributed by atoms with Crippen molar-refractivity contribution in [1.82, 2.24) is 9.78 Å². The standard InChI is InChI=1S/C31H41BrN2O2/c1-2-3-4-5-6-7-8-9-10-11-12-16-19-28(25-20-21-30(35)29(32)22-25)31(36)26-23-33-34(24-26)27-17-14-13-15-18-27/h13-15,17-18,20-24,28,35H,2-12,16,19H2,1H3. The molecule has 0 bridgehead atoms. The van der Waals surface area contributed by atoms with Gasteiger partial charge in [0.25, 0.3) is 0 Å². The number of phenols is 1. The molecule has 5 heteroatoms. The quantitative estimate of drug-likeness (QED) is 0.134. The SMILES string of the molecule is CCCCCCCCCCCCCCC(C(=O)c1cnn(-c2ccccc2)c1)c1ccc(O)c(Br)c1. The van der Waals surface area contributed by atoms with Gasteiger partial charge in [-0.3, -0.25) is 4.79 Å². The van der Waals surface area contributed by atoms with Gasteiger partial charge in [-0.25, -0.2) is 4.68 Å². The number of halogens is 1. The van der Waals surface area contributed by atoms with E-state index in [1.807, 2.05) is 48.7 Å². The van der Waals surface area contributed by atoms with E-state index < -0.39 is 0 Å². The monoisotopic (exact) mass is 552 g/mol. The van der Waals surface area contributed by atoms with Crippen molar-refractivity contribution in [3.05, 3.63) is 76.5 Å². The van der Waals surface area contributed by atoms with Gasteiger partial charge in [0.1, 0.15) is 5.75 Å². The Morgan fingerprint density at radius 3 is 2.11 bits per heavy atom. The molecule has 0 radical (unpaired) electrons. The molecule has 1 aromatic heterocycles. The number of aromatic nitrogens is 2. The van der Waals surface area contributed by atoms with Gasteiger partial charge in [-0.2, -0.15) is 5.10 Å². The molecule has 0 aliphatic carbocycles. The topological polar surface area (TPSA) is 55.1 Å². The average molecular weight is 554 g/mol. The van der Waals surface area contributed by atoms with E-state index in [9.17, 15) is 9.90 Å². The third kappa shape index (κ3) is 8.92. The predicted octanol–water partition coefficient (Wildman–Crippen LogP) is 9.40. The molecule has 0 aliphatic heterocycles. The van der Waals surface area contributed by atoms with Gasteiger partial charge < -0.3 is 5.11 Å². The van der Waals surface area contributed by atoms with Crippen molar-refractivity contribution < 1.29 is 9.90 Å². The molecule has 1 N–H and O–H groups in total. The number of aromatic hydroxyl groups is 1. The fraction of sp³-hybridized carbons (Fsp3) is 0.484. The summed E-state index contributed by atoms with van der Waals surface area (Å²) in [5, 5.41) is 14.4. The molecule has 3 rings (SSSR count). The van der Waals surface area contributed by atoms with Crippen LogP contribution in [0.3, 0.4) is 0 Å². The van der Waals surface area contributed by atoms with Crippen LogP contribution in [0.15, 0.2) is 65.4 Å². The van der Waals surface area contributed by atoms with E-state index >= 15 is 0 Å². The van der Waals surface area contributed by atoms with E-state index in [2.05, 4.69) is 28.0 Å². The summed E-state index contributed by atoms with van der Waals surface area (Å²) < 4.78 is 2.37. The summed E-state index contributed by atoms with van der Waals surface area (Å²) in [5.74, 6) is 0.0171. The molecular weight excluding hydrogens is 512 g/mol. The first-order valence-corrected chi connectivity index (χ1v) is 14.5. The molecule has 2 aromatic carbocycles. The summed E-state index contributed by atoms with van der Waals surface area (Å²) in [6.07, 6.45) is 19.8. The Morgan fingerprint density at radius 1 is 0.889 bits per heavy atom. The first-order chi connectivity index (χ1) is 17.6. The van der Waals surface area contributed by atoms with Crippen LogP contribution in [0, 0.1) is 0 Å². The number of carbonyl (C=O) groups excluding carboxylic acids is 1. The molecule has 0 spiro atoms. The minimum atomic E-state index is -0.251. The van der Waals surface area contributed by atoms with Gasteiger partial charge in [0.2, 0.25) is 0 Å². The number of nitrogens with zero attached hydrogens (tertiary/aromatic N) is 2. The molecule has 3 aromatic rings. The molecule has 0 aliphatic rings. The number of unbranched alkanes of at least 4 members (excludes halogenated alkanes) is 11. The number of hydrogen-bond donors (Lipinski definition) is 1. The second-order valence-corrected chi connectivity index (χ2v) is 10.7. The highest BCUT2D eigenvalue weighted by molar-refractivity contribution is 9.10. The second-order valence-electron chi connectivity index (χ2n) is 9.81. The van der Waals surface area contributed by atoms with Gasteiger partial charge in [-0.05, 0) is 52.2 Å². The van der Waals surface area contributed by atoms with Crippen molar-refractivity contribution in [2.75, 3.05) is 0 Å². The molecule has 36 heavy (non-hydrogen) atoms. The lowest BCUT2D eigenvalue weighted by Gasteiger charge is -2.16. The number of rotatable bonds is 17. The number of Topliss-reactive ketones (excluding diaryl/α,β-unsaturated/α-hetero) is 1. The molecule has 0 saturated carbocycles. The molecule has 194 valence electrons. The van der Waals surface area contributed by atoms with Crippen LogP contribution in [0.5, 0.6) is 5.75 Å². The van der Waals surface area contributed by atoms with Gasteiger partial charge >= 0.3 is 0 Å². The lowest BCUT2D eigenvalue weighted by Crippen LogP contribution is -2.13. The van der Waals surface area contributed by atoms with E-state index in [0.29, 0.717) is 10.0 Å². The zero-order valence-electron chi connectivity index (χ0n) is 21.7. The largest absolute Gasteiger partial charge is 0.507 e. The van der Waals surface area contributed by atoms with Crippen LogP contribution < -0.4 is 0 Å².